The quantitative estimate of drug-likeness (QED) is 0.408. The smallest absolute Gasteiger partial charge is 0.331 e. The number of methoxy groups -OCH3 is 2. The van der Waals surface area contributed by atoms with Crippen LogP contribution in [0.25, 0.3) is 11.6 Å². The van der Waals surface area contributed by atoms with E-state index in [0.29, 0.717) is 43.1 Å². The van der Waals surface area contributed by atoms with Crippen LogP contribution in [-0.4, -0.2) is 52.8 Å². The molecule has 0 spiro atoms. The molecule has 10 nitrogen and oxygen atoms in total. The standard InChI is InChI=1S/C29H32N4O6/c1-5-32(18(2)34)14-13-21-20-8-6-7-9-23(20)30-24(21)17-22-27(35)31-29(37)33(28(22)36)15-12-19-10-11-25(38-3)26(16-19)39-4/h6-11,16-17,36H,5,12-15H2,1-4H3,(H,31,35,37). The zero-order chi connectivity index (χ0) is 28.1. The van der Waals surface area contributed by atoms with E-state index in [9.17, 15) is 19.5 Å². The summed E-state index contributed by atoms with van der Waals surface area (Å²) in [6.45, 7) is 4.62. The molecule has 1 aromatic heterocycles. The minimum Gasteiger partial charge on any atom is -0.494 e. The Hall–Kier alpha value is -4.60. The molecule has 1 aliphatic heterocycles. The number of para-hydroxylation sites is 1. The van der Waals surface area contributed by atoms with Gasteiger partial charge in [-0.3, -0.25) is 19.1 Å². The molecule has 0 saturated carbocycles. The fourth-order valence-corrected chi connectivity index (χ4v) is 4.66. The van der Waals surface area contributed by atoms with Crippen LogP contribution in [0.2, 0.25) is 0 Å². The number of hydrogen-bond acceptors (Lipinski definition) is 7. The fraction of sp³-hybridized carbons (Fsp3) is 0.310. The normalized spacial score (nSPS) is 13.2. The fourth-order valence-electron chi connectivity index (χ4n) is 4.66. The van der Waals surface area contributed by atoms with Crippen molar-refractivity contribution in [1.29, 1.82) is 0 Å². The monoisotopic (exact) mass is 532 g/mol. The summed E-state index contributed by atoms with van der Waals surface area (Å²) in [4.78, 5) is 46.1. The molecule has 0 radical (unpaired) electrons. The average molecular weight is 533 g/mol. The van der Waals surface area contributed by atoms with Crippen LogP contribution in [0, 0.1) is 0 Å². The summed E-state index contributed by atoms with van der Waals surface area (Å²) in [5.74, 6) is 0.664. The molecule has 2 aromatic carbocycles. The first-order valence-electron chi connectivity index (χ1n) is 12.7. The van der Waals surface area contributed by atoms with Crippen molar-refractivity contribution in [2.45, 2.75) is 33.2 Å². The van der Waals surface area contributed by atoms with Gasteiger partial charge in [-0.1, -0.05) is 24.3 Å². The zero-order valence-corrected chi connectivity index (χ0v) is 22.5. The first kappa shape index (κ1) is 27.4. The number of aromatic amines is 1. The first-order chi connectivity index (χ1) is 18.8. The van der Waals surface area contributed by atoms with Crippen LogP contribution in [-0.2, 0) is 17.8 Å². The number of aryl methyl sites for hydroxylation is 1. The molecule has 204 valence electrons. The largest absolute Gasteiger partial charge is 0.494 e. The minimum absolute atomic E-state index is 0.0255. The summed E-state index contributed by atoms with van der Waals surface area (Å²) >= 11 is 0. The van der Waals surface area contributed by atoms with Crippen molar-refractivity contribution in [2.24, 2.45) is 4.99 Å². The molecule has 2 N–H and O–H groups in total. The van der Waals surface area contributed by atoms with Gasteiger partial charge in [0.1, 0.15) is 5.56 Å². The highest BCUT2D eigenvalue weighted by atomic mass is 16.5. The number of allylic oxidation sites excluding steroid dienone is 1. The maximum Gasteiger partial charge on any atom is 0.331 e. The number of H-pyrrole nitrogens is 1. The van der Waals surface area contributed by atoms with E-state index in [2.05, 4.69) is 9.98 Å². The molecule has 0 bridgehead atoms. The third-order valence-electron chi connectivity index (χ3n) is 6.80. The molecule has 1 amide bonds. The van der Waals surface area contributed by atoms with Gasteiger partial charge >= 0.3 is 5.69 Å². The number of nitrogens with zero attached hydrogens (tertiary/aromatic N) is 3. The lowest BCUT2D eigenvalue weighted by Gasteiger charge is -2.19. The SMILES string of the molecule is CCN(CCC1=c2ccccc2=NC1=Cc1c(O)n(CCc2ccc(OC)c(OC)c2)c(=O)[nH]c1=O)C(C)=O. The van der Waals surface area contributed by atoms with Gasteiger partial charge in [0.05, 0.1) is 25.3 Å². The maximum atomic E-state index is 12.8. The molecule has 0 aliphatic carbocycles. The second-order valence-corrected chi connectivity index (χ2v) is 9.07. The van der Waals surface area contributed by atoms with Crippen molar-refractivity contribution in [2.75, 3.05) is 27.3 Å². The van der Waals surface area contributed by atoms with Crippen LogP contribution in [0.15, 0.2) is 62.7 Å². The number of nitrogens with one attached hydrogen (secondary N) is 1. The van der Waals surface area contributed by atoms with E-state index in [1.165, 1.54) is 20.1 Å². The Bertz CT molecular complexity index is 1670. The predicted octanol–water partition coefficient (Wildman–Crippen LogP) is 1.59. The van der Waals surface area contributed by atoms with Crippen LogP contribution < -0.4 is 31.3 Å². The zero-order valence-electron chi connectivity index (χ0n) is 22.5. The van der Waals surface area contributed by atoms with Crippen molar-refractivity contribution in [3.05, 3.63) is 90.7 Å². The van der Waals surface area contributed by atoms with Crippen LogP contribution in [0.4, 0.5) is 0 Å². The van der Waals surface area contributed by atoms with Crippen molar-refractivity contribution in [1.82, 2.24) is 14.5 Å². The second kappa shape index (κ2) is 11.8. The molecule has 3 aromatic rings. The highest BCUT2D eigenvalue weighted by molar-refractivity contribution is 5.77. The Morgan fingerprint density at radius 1 is 1.10 bits per heavy atom. The molecule has 0 saturated heterocycles. The van der Waals surface area contributed by atoms with Crippen molar-refractivity contribution in [3.63, 3.8) is 0 Å². The van der Waals surface area contributed by atoms with Gasteiger partial charge in [0.25, 0.3) is 5.56 Å². The summed E-state index contributed by atoms with van der Waals surface area (Å²) in [5, 5.41) is 12.7. The third kappa shape index (κ3) is 5.79. The van der Waals surface area contributed by atoms with Gasteiger partial charge < -0.3 is 19.5 Å². The van der Waals surface area contributed by atoms with Gasteiger partial charge in [0, 0.05) is 31.8 Å². The predicted molar refractivity (Wildman–Crippen MR) is 147 cm³/mol. The second-order valence-electron chi connectivity index (χ2n) is 9.07. The summed E-state index contributed by atoms with van der Waals surface area (Å²) in [6, 6.07) is 13.0. The summed E-state index contributed by atoms with van der Waals surface area (Å²) in [6.07, 6.45) is 2.40. The van der Waals surface area contributed by atoms with Gasteiger partial charge in [-0.15, -0.1) is 0 Å². The Morgan fingerprint density at radius 2 is 1.85 bits per heavy atom. The Kier molecular flexibility index (Phi) is 8.33. The number of carbonyl (C=O) groups excluding carboxylic acids is 1. The topological polar surface area (TPSA) is 126 Å². The number of carbonyl (C=O) groups is 1. The molecular weight excluding hydrogens is 500 g/mol. The number of ether oxygens (including phenoxy) is 2. The summed E-state index contributed by atoms with van der Waals surface area (Å²) < 4.78 is 11.7. The van der Waals surface area contributed by atoms with E-state index >= 15 is 0 Å². The van der Waals surface area contributed by atoms with Crippen molar-refractivity contribution in [3.8, 4) is 17.4 Å². The molecule has 0 atom stereocenters. The van der Waals surface area contributed by atoms with Gasteiger partial charge in [-0.25, -0.2) is 9.79 Å². The van der Waals surface area contributed by atoms with E-state index in [-0.39, 0.29) is 18.0 Å². The number of hydrogen-bond donors (Lipinski definition) is 2. The molecular formula is C29H32N4O6. The molecule has 4 rings (SSSR count). The van der Waals surface area contributed by atoms with Crippen LogP contribution in [0.5, 0.6) is 17.4 Å². The molecule has 10 heteroatoms. The molecule has 0 unspecified atom stereocenters. The number of aromatic hydroxyl groups is 1. The van der Waals surface area contributed by atoms with Crippen molar-refractivity contribution >= 4 is 17.6 Å². The highest BCUT2D eigenvalue weighted by Crippen LogP contribution is 2.28. The Morgan fingerprint density at radius 3 is 2.54 bits per heavy atom. The lowest BCUT2D eigenvalue weighted by atomic mass is 10.0. The van der Waals surface area contributed by atoms with Crippen molar-refractivity contribution < 1.29 is 19.4 Å². The number of aromatic nitrogens is 2. The van der Waals surface area contributed by atoms with Gasteiger partial charge in [-0.05, 0) is 55.2 Å². The van der Waals surface area contributed by atoms with E-state index in [4.69, 9.17) is 9.47 Å². The lowest BCUT2D eigenvalue weighted by molar-refractivity contribution is -0.128. The molecule has 2 heterocycles. The van der Waals surface area contributed by atoms with E-state index in [1.54, 1.807) is 24.1 Å². The van der Waals surface area contributed by atoms with E-state index < -0.39 is 17.1 Å². The Balaban J connectivity index is 1.70. The summed E-state index contributed by atoms with van der Waals surface area (Å²) in [5.41, 5.74) is 0.722. The lowest BCUT2D eigenvalue weighted by Crippen LogP contribution is -2.32. The minimum atomic E-state index is -0.712. The molecule has 39 heavy (non-hydrogen) atoms. The number of fused-ring (bicyclic) bond motifs is 1. The van der Waals surface area contributed by atoms with E-state index in [1.807, 2.05) is 37.3 Å². The van der Waals surface area contributed by atoms with Crippen LogP contribution in [0.1, 0.15) is 31.4 Å². The third-order valence-corrected chi connectivity index (χ3v) is 6.80. The van der Waals surface area contributed by atoms with Gasteiger partial charge in [-0.2, -0.15) is 0 Å². The summed E-state index contributed by atoms with van der Waals surface area (Å²) in [7, 11) is 3.09. The molecule has 0 fully saturated rings. The number of rotatable bonds is 10. The van der Waals surface area contributed by atoms with Gasteiger partial charge in [0.15, 0.2) is 11.5 Å². The average Bonchev–Trinajstić information content (AvgIpc) is 3.27. The van der Waals surface area contributed by atoms with Gasteiger partial charge in [0.2, 0.25) is 11.8 Å². The number of benzene rings is 2. The highest BCUT2D eigenvalue weighted by Gasteiger charge is 2.19. The number of amides is 1. The van der Waals surface area contributed by atoms with Crippen LogP contribution >= 0.6 is 0 Å². The first-order valence-corrected chi connectivity index (χ1v) is 12.7. The maximum absolute atomic E-state index is 12.8. The van der Waals surface area contributed by atoms with Crippen LogP contribution in [0.3, 0.4) is 0 Å². The Labute approximate surface area is 225 Å². The molecule has 1 aliphatic rings. The van der Waals surface area contributed by atoms with E-state index in [0.717, 1.165) is 26.3 Å².